The van der Waals surface area contributed by atoms with Gasteiger partial charge in [0.25, 0.3) is 0 Å². The van der Waals surface area contributed by atoms with Crippen LogP contribution in [-0.2, 0) is 0 Å². The van der Waals surface area contributed by atoms with E-state index >= 15 is 0 Å². The maximum absolute atomic E-state index is 6.04. The summed E-state index contributed by atoms with van der Waals surface area (Å²) in [5.74, 6) is 0. The van der Waals surface area contributed by atoms with Crippen LogP contribution < -0.4 is 5.32 Å². The topological polar surface area (TPSA) is 24.9 Å². The number of hydrogen-bond acceptors (Lipinski definition) is 2. The van der Waals surface area contributed by atoms with Gasteiger partial charge in [0, 0.05) is 16.4 Å². The summed E-state index contributed by atoms with van der Waals surface area (Å²) in [5.41, 5.74) is 1.99. The molecule has 1 aromatic heterocycles. The molecule has 2 rings (SSSR count). The van der Waals surface area contributed by atoms with E-state index in [0.29, 0.717) is 5.02 Å². The Morgan fingerprint density at radius 3 is 2.76 bits per heavy atom. The van der Waals surface area contributed by atoms with Gasteiger partial charge in [-0.1, -0.05) is 17.7 Å². The number of pyridine rings is 1. The lowest BCUT2D eigenvalue weighted by atomic mass is 10.2. The average Bonchev–Trinajstić information content (AvgIpc) is 2.35. The van der Waals surface area contributed by atoms with Crippen LogP contribution in [0.2, 0.25) is 5.02 Å². The SMILES string of the molecule is CC(Nc1ccc(Br)c(Cl)c1)c1ccccn1. The molecular weight excluding hydrogens is 300 g/mol. The molecule has 0 saturated carbocycles. The molecule has 0 aliphatic carbocycles. The first-order valence-electron chi connectivity index (χ1n) is 5.29. The van der Waals surface area contributed by atoms with Gasteiger partial charge in [0.05, 0.1) is 16.8 Å². The number of halogens is 2. The highest BCUT2D eigenvalue weighted by atomic mass is 79.9. The van der Waals surface area contributed by atoms with E-state index in [1.165, 1.54) is 0 Å². The lowest BCUT2D eigenvalue weighted by molar-refractivity contribution is 0.839. The first-order valence-corrected chi connectivity index (χ1v) is 6.46. The van der Waals surface area contributed by atoms with Crippen LogP contribution in [-0.4, -0.2) is 4.98 Å². The highest BCUT2D eigenvalue weighted by molar-refractivity contribution is 9.10. The van der Waals surface area contributed by atoms with Gasteiger partial charge in [-0.2, -0.15) is 0 Å². The summed E-state index contributed by atoms with van der Waals surface area (Å²) in [4.78, 5) is 4.31. The smallest absolute Gasteiger partial charge is 0.0657 e. The number of aromatic nitrogens is 1. The van der Waals surface area contributed by atoms with Crippen molar-refractivity contribution in [3.05, 3.63) is 57.8 Å². The van der Waals surface area contributed by atoms with Crippen molar-refractivity contribution in [3.8, 4) is 0 Å². The summed E-state index contributed by atoms with van der Waals surface area (Å²) in [7, 11) is 0. The molecule has 4 heteroatoms. The van der Waals surface area contributed by atoms with Gasteiger partial charge in [-0.15, -0.1) is 0 Å². The molecule has 2 aromatic rings. The fraction of sp³-hybridized carbons (Fsp3) is 0.154. The van der Waals surface area contributed by atoms with Crippen molar-refractivity contribution in [1.29, 1.82) is 0 Å². The Bertz CT molecular complexity index is 502. The van der Waals surface area contributed by atoms with Gasteiger partial charge in [-0.05, 0) is 53.2 Å². The Morgan fingerprint density at radius 2 is 2.12 bits per heavy atom. The van der Waals surface area contributed by atoms with Crippen LogP contribution in [0.1, 0.15) is 18.7 Å². The fourth-order valence-electron chi connectivity index (χ4n) is 1.54. The summed E-state index contributed by atoms with van der Waals surface area (Å²) >= 11 is 9.41. The standard InChI is InChI=1S/C13H12BrClN2/c1-9(13-4-2-3-7-16-13)17-10-5-6-11(14)12(15)8-10/h2-9,17H,1H3. The van der Waals surface area contributed by atoms with Crippen molar-refractivity contribution in [2.75, 3.05) is 5.32 Å². The molecule has 1 atom stereocenters. The monoisotopic (exact) mass is 310 g/mol. The number of rotatable bonds is 3. The van der Waals surface area contributed by atoms with E-state index in [9.17, 15) is 0 Å². The lowest BCUT2D eigenvalue weighted by Gasteiger charge is -2.15. The summed E-state index contributed by atoms with van der Waals surface area (Å²) in [6.45, 7) is 2.07. The third-order valence-corrected chi connectivity index (χ3v) is 3.67. The molecule has 0 bridgehead atoms. The minimum absolute atomic E-state index is 0.147. The van der Waals surface area contributed by atoms with Crippen molar-refractivity contribution in [3.63, 3.8) is 0 Å². The maximum atomic E-state index is 6.04. The normalized spacial score (nSPS) is 12.2. The molecular formula is C13H12BrClN2. The van der Waals surface area contributed by atoms with Crippen LogP contribution in [0.25, 0.3) is 0 Å². The van der Waals surface area contributed by atoms with E-state index in [-0.39, 0.29) is 6.04 Å². The highest BCUT2D eigenvalue weighted by Crippen LogP contribution is 2.27. The van der Waals surface area contributed by atoms with Gasteiger partial charge in [-0.25, -0.2) is 0 Å². The third-order valence-electron chi connectivity index (χ3n) is 2.43. The largest absolute Gasteiger partial charge is 0.377 e. The second-order valence-electron chi connectivity index (χ2n) is 3.75. The zero-order chi connectivity index (χ0) is 12.3. The molecule has 0 amide bonds. The van der Waals surface area contributed by atoms with Crippen molar-refractivity contribution in [1.82, 2.24) is 4.98 Å². The van der Waals surface area contributed by atoms with Gasteiger partial charge < -0.3 is 5.32 Å². The maximum Gasteiger partial charge on any atom is 0.0657 e. The Balaban J connectivity index is 2.13. The van der Waals surface area contributed by atoms with Crippen molar-refractivity contribution in [2.24, 2.45) is 0 Å². The van der Waals surface area contributed by atoms with E-state index in [4.69, 9.17) is 11.6 Å². The Hall–Kier alpha value is -1.06. The Labute approximate surface area is 114 Å². The molecule has 0 saturated heterocycles. The molecule has 0 aliphatic heterocycles. The lowest BCUT2D eigenvalue weighted by Crippen LogP contribution is -2.07. The number of benzene rings is 1. The van der Waals surface area contributed by atoms with Crippen LogP contribution >= 0.6 is 27.5 Å². The van der Waals surface area contributed by atoms with Gasteiger partial charge in [0.1, 0.15) is 0 Å². The summed E-state index contributed by atoms with van der Waals surface area (Å²) in [6, 6.07) is 11.8. The molecule has 0 spiro atoms. The molecule has 1 unspecified atom stereocenters. The van der Waals surface area contributed by atoms with Gasteiger partial charge in [0.15, 0.2) is 0 Å². The van der Waals surface area contributed by atoms with Crippen LogP contribution in [0, 0.1) is 0 Å². The van der Waals surface area contributed by atoms with Crippen molar-refractivity contribution >= 4 is 33.2 Å². The molecule has 0 radical (unpaired) electrons. The minimum atomic E-state index is 0.147. The predicted octanol–water partition coefficient (Wildman–Crippen LogP) is 4.67. The van der Waals surface area contributed by atoms with Crippen LogP contribution in [0.5, 0.6) is 0 Å². The number of nitrogens with one attached hydrogen (secondary N) is 1. The fourth-order valence-corrected chi connectivity index (χ4v) is 1.97. The first kappa shape index (κ1) is 12.4. The van der Waals surface area contributed by atoms with E-state index in [1.807, 2.05) is 36.4 Å². The summed E-state index contributed by atoms with van der Waals surface area (Å²) in [5, 5.41) is 4.06. The molecule has 2 nitrogen and oxygen atoms in total. The van der Waals surface area contributed by atoms with E-state index in [0.717, 1.165) is 15.9 Å². The van der Waals surface area contributed by atoms with Gasteiger partial charge in [0.2, 0.25) is 0 Å². The quantitative estimate of drug-likeness (QED) is 0.891. The molecule has 1 aromatic carbocycles. The predicted molar refractivity (Wildman–Crippen MR) is 75.4 cm³/mol. The average molecular weight is 312 g/mol. The van der Waals surface area contributed by atoms with Gasteiger partial charge in [-0.3, -0.25) is 4.98 Å². The van der Waals surface area contributed by atoms with Crippen molar-refractivity contribution < 1.29 is 0 Å². The number of anilines is 1. The van der Waals surface area contributed by atoms with Crippen LogP contribution in [0.15, 0.2) is 47.1 Å². The van der Waals surface area contributed by atoms with Gasteiger partial charge >= 0.3 is 0 Å². The highest BCUT2D eigenvalue weighted by Gasteiger charge is 2.06. The Morgan fingerprint density at radius 1 is 1.29 bits per heavy atom. The van der Waals surface area contributed by atoms with Crippen molar-refractivity contribution in [2.45, 2.75) is 13.0 Å². The minimum Gasteiger partial charge on any atom is -0.377 e. The molecule has 1 heterocycles. The zero-order valence-corrected chi connectivity index (χ0v) is 11.7. The zero-order valence-electron chi connectivity index (χ0n) is 9.32. The molecule has 17 heavy (non-hydrogen) atoms. The number of nitrogens with zero attached hydrogens (tertiary/aromatic N) is 1. The number of hydrogen-bond donors (Lipinski definition) is 1. The van der Waals surface area contributed by atoms with E-state index in [2.05, 4.69) is 33.2 Å². The second-order valence-corrected chi connectivity index (χ2v) is 5.01. The second kappa shape index (κ2) is 5.52. The summed E-state index contributed by atoms with van der Waals surface area (Å²) in [6.07, 6.45) is 1.79. The van der Waals surface area contributed by atoms with Crippen LogP contribution in [0.4, 0.5) is 5.69 Å². The van der Waals surface area contributed by atoms with E-state index in [1.54, 1.807) is 6.20 Å². The molecule has 0 fully saturated rings. The Kier molecular flexibility index (Phi) is 4.02. The summed E-state index contributed by atoms with van der Waals surface area (Å²) < 4.78 is 0.898. The van der Waals surface area contributed by atoms with E-state index < -0.39 is 0 Å². The first-order chi connectivity index (χ1) is 8.16. The third kappa shape index (κ3) is 3.20. The molecule has 88 valence electrons. The molecule has 0 aliphatic rings. The molecule has 1 N–H and O–H groups in total. The van der Waals surface area contributed by atoms with Crippen LogP contribution in [0.3, 0.4) is 0 Å².